The van der Waals surface area contributed by atoms with Crippen molar-refractivity contribution in [2.24, 2.45) is 0 Å². The van der Waals surface area contributed by atoms with Crippen molar-refractivity contribution in [2.75, 3.05) is 0 Å². The molecule has 0 amide bonds. The lowest BCUT2D eigenvalue weighted by molar-refractivity contribution is 0.431. The molecule has 5 rings (SSSR count). The number of halogens is 2. The Balaban J connectivity index is 1.40. The molecule has 0 spiro atoms. The van der Waals surface area contributed by atoms with Gasteiger partial charge in [0, 0.05) is 22.7 Å². The molecule has 0 atom stereocenters. The van der Waals surface area contributed by atoms with Crippen molar-refractivity contribution in [3.8, 4) is 34.5 Å². The van der Waals surface area contributed by atoms with Crippen LogP contribution in [0.15, 0.2) is 71.5 Å². The smallest absolute Gasteiger partial charge is 0.274 e. The second-order valence-electron chi connectivity index (χ2n) is 6.27. The largest absolute Gasteiger partial charge is 0.456 e. The average molecular weight is 423 g/mol. The van der Waals surface area contributed by atoms with E-state index in [1.165, 1.54) is 0 Å². The van der Waals surface area contributed by atoms with Gasteiger partial charge in [0.2, 0.25) is 5.82 Å². The van der Waals surface area contributed by atoms with Gasteiger partial charge in [-0.2, -0.15) is 4.98 Å². The van der Waals surface area contributed by atoms with Gasteiger partial charge in [0.15, 0.2) is 0 Å². The van der Waals surface area contributed by atoms with Crippen LogP contribution in [-0.4, -0.2) is 20.1 Å². The predicted molar refractivity (Wildman–Crippen MR) is 111 cm³/mol. The molecule has 0 saturated heterocycles. The summed E-state index contributed by atoms with van der Waals surface area (Å²) in [4.78, 5) is 11.7. The molecule has 0 radical (unpaired) electrons. The van der Waals surface area contributed by atoms with Gasteiger partial charge in [0.05, 0.1) is 16.2 Å². The second kappa shape index (κ2) is 7.24. The lowest BCUT2D eigenvalue weighted by atomic mass is 10.2. The molecule has 0 saturated carbocycles. The van der Waals surface area contributed by atoms with Crippen LogP contribution in [0.3, 0.4) is 0 Å². The highest BCUT2D eigenvalue weighted by molar-refractivity contribution is 6.42. The lowest BCUT2D eigenvalue weighted by Crippen LogP contribution is -1.86. The fourth-order valence-corrected chi connectivity index (χ4v) is 3.24. The molecule has 6 nitrogen and oxygen atoms in total. The summed E-state index contributed by atoms with van der Waals surface area (Å²) in [5, 5.41) is 5.95. The topological polar surface area (TPSA) is 76.8 Å². The zero-order valence-electron chi connectivity index (χ0n) is 14.8. The second-order valence-corrected chi connectivity index (χ2v) is 7.09. The Kier molecular flexibility index (Phi) is 4.42. The molecule has 0 aliphatic heterocycles. The van der Waals surface area contributed by atoms with Crippen LogP contribution in [0.4, 0.5) is 0 Å². The van der Waals surface area contributed by atoms with Crippen molar-refractivity contribution >= 4 is 34.1 Å². The minimum atomic E-state index is 0.374. The Hall–Kier alpha value is -3.35. The summed E-state index contributed by atoms with van der Waals surface area (Å²) in [5.41, 5.74) is 2.33. The molecule has 0 aliphatic carbocycles. The molecule has 3 aromatic heterocycles. The number of H-pyrrole nitrogens is 1. The zero-order valence-corrected chi connectivity index (χ0v) is 16.3. The number of ether oxygens (including phenoxy) is 1. The fourth-order valence-electron chi connectivity index (χ4n) is 2.91. The van der Waals surface area contributed by atoms with E-state index in [9.17, 15) is 0 Å². The van der Waals surface area contributed by atoms with Crippen LogP contribution >= 0.6 is 23.2 Å². The van der Waals surface area contributed by atoms with E-state index in [-0.39, 0.29) is 0 Å². The van der Waals surface area contributed by atoms with Gasteiger partial charge in [0.25, 0.3) is 5.89 Å². The number of hydrogen-bond donors (Lipinski definition) is 1. The molecule has 0 unspecified atom stereocenters. The standard InChI is InChI=1S/C21H12Cl2N4O2/c22-16-8-13-9-19(25-18(13)10-17(16)23)21-26-20(27-29-21)12-3-5-14(6-4-12)28-15-2-1-7-24-11-15/h1-11,25H. The van der Waals surface area contributed by atoms with Gasteiger partial charge in [-0.3, -0.25) is 4.98 Å². The number of aromatic nitrogens is 4. The summed E-state index contributed by atoms with van der Waals surface area (Å²) in [7, 11) is 0. The maximum atomic E-state index is 6.08. The van der Waals surface area contributed by atoms with Crippen LogP contribution in [0, 0.1) is 0 Å². The highest BCUT2D eigenvalue weighted by atomic mass is 35.5. The summed E-state index contributed by atoms with van der Waals surface area (Å²) in [5.74, 6) is 2.21. The Morgan fingerprint density at radius 1 is 0.931 bits per heavy atom. The van der Waals surface area contributed by atoms with E-state index in [1.54, 1.807) is 24.5 Å². The SMILES string of the molecule is Clc1cc2cc(-c3nc(-c4ccc(Oc5cccnc5)cc4)no3)[nH]c2cc1Cl. The Labute approximate surface area is 175 Å². The average Bonchev–Trinajstić information content (AvgIpc) is 3.37. The summed E-state index contributed by atoms with van der Waals surface area (Å²) in [6.45, 7) is 0. The normalized spacial score (nSPS) is 11.1. The van der Waals surface area contributed by atoms with Gasteiger partial charge in [-0.25, -0.2) is 0 Å². The third-order valence-electron chi connectivity index (χ3n) is 4.30. The molecule has 1 N–H and O–H groups in total. The van der Waals surface area contributed by atoms with Crippen molar-refractivity contribution in [1.82, 2.24) is 20.1 Å². The Bertz CT molecular complexity index is 1260. The minimum Gasteiger partial charge on any atom is -0.456 e. The van der Waals surface area contributed by atoms with Gasteiger partial charge in [-0.1, -0.05) is 28.4 Å². The van der Waals surface area contributed by atoms with Crippen LogP contribution < -0.4 is 4.74 Å². The maximum Gasteiger partial charge on any atom is 0.274 e. The summed E-state index contributed by atoms with van der Waals surface area (Å²) >= 11 is 12.2. The first-order valence-corrected chi connectivity index (χ1v) is 9.41. The van der Waals surface area contributed by atoms with Crippen LogP contribution in [0.25, 0.3) is 33.9 Å². The first kappa shape index (κ1) is 17.7. The monoisotopic (exact) mass is 422 g/mol. The minimum absolute atomic E-state index is 0.374. The first-order valence-electron chi connectivity index (χ1n) is 8.66. The number of rotatable bonds is 4. The van der Waals surface area contributed by atoms with Gasteiger partial charge >= 0.3 is 0 Å². The number of nitrogens with zero attached hydrogens (tertiary/aromatic N) is 3. The highest BCUT2D eigenvalue weighted by Gasteiger charge is 2.14. The Morgan fingerprint density at radius 2 is 1.76 bits per heavy atom. The predicted octanol–water partition coefficient (Wildman–Crippen LogP) is 6.38. The fraction of sp³-hybridized carbons (Fsp3) is 0. The quantitative estimate of drug-likeness (QED) is 0.363. The van der Waals surface area contributed by atoms with Crippen LogP contribution in [0.1, 0.15) is 0 Å². The molecule has 3 heterocycles. The van der Waals surface area contributed by atoms with E-state index in [0.717, 1.165) is 16.5 Å². The molecule has 0 aliphatic rings. The van der Waals surface area contributed by atoms with Crippen LogP contribution in [0.2, 0.25) is 10.0 Å². The van der Waals surface area contributed by atoms with Crippen molar-refractivity contribution in [3.05, 3.63) is 77.0 Å². The van der Waals surface area contributed by atoms with Crippen LogP contribution in [0.5, 0.6) is 11.5 Å². The van der Waals surface area contributed by atoms with Gasteiger partial charge in [-0.15, -0.1) is 0 Å². The van der Waals surface area contributed by atoms with Crippen molar-refractivity contribution in [3.63, 3.8) is 0 Å². The van der Waals surface area contributed by atoms with Crippen molar-refractivity contribution < 1.29 is 9.26 Å². The molecule has 29 heavy (non-hydrogen) atoms. The van der Waals surface area contributed by atoms with Gasteiger partial charge in [-0.05, 0) is 54.6 Å². The molecule has 2 aromatic carbocycles. The van der Waals surface area contributed by atoms with Crippen molar-refractivity contribution in [1.29, 1.82) is 0 Å². The first-order chi connectivity index (χ1) is 14.2. The van der Waals surface area contributed by atoms with E-state index in [0.29, 0.717) is 39.0 Å². The molecule has 142 valence electrons. The maximum absolute atomic E-state index is 6.08. The highest BCUT2D eigenvalue weighted by Crippen LogP contribution is 2.31. The van der Waals surface area contributed by atoms with E-state index >= 15 is 0 Å². The molecule has 0 bridgehead atoms. The van der Waals surface area contributed by atoms with E-state index in [2.05, 4.69) is 20.1 Å². The number of hydrogen-bond acceptors (Lipinski definition) is 5. The van der Waals surface area contributed by atoms with E-state index in [1.807, 2.05) is 42.5 Å². The van der Waals surface area contributed by atoms with E-state index < -0.39 is 0 Å². The summed E-state index contributed by atoms with van der Waals surface area (Å²) < 4.78 is 11.2. The van der Waals surface area contributed by atoms with Gasteiger partial charge < -0.3 is 14.2 Å². The molecular formula is C21H12Cl2N4O2. The third kappa shape index (κ3) is 3.55. The van der Waals surface area contributed by atoms with E-state index in [4.69, 9.17) is 32.5 Å². The van der Waals surface area contributed by atoms with Gasteiger partial charge in [0.1, 0.15) is 17.2 Å². The Morgan fingerprint density at radius 3 is 2.55 bits per heavy atom. The molecular weight excluding hydrogens is 411 g/mol. The lowest BCUT2D eigenvalue weighted by Gasteiger charge is -2.04. The third-order valence-corrected chi connectivity index (χ3v) is 5.02. The number of benzene rings is 2. The number of pyridine rings is 1. The molecule has 0 fully saturated rings. The number of aromatic amines is 1. The van der Waals surface area contributed by atoms with Crippen LogP contribution in [-0.2, 0) is 0 Å². The summed E-state index contributed by atoms with van der Waals surface area (Å²) in [6, 6.07) is 16.5. The number of fused-ring (bicyclic) bond motifs is 1. The molecule has 5 aromatic rings. The van der Waals surface area contributed by atoms with Crippen molar-refractivity contribution in [2.45, 2.75) is 0 Å². The molecule has 8 heteroatoms. The zero-order chi connectivity index (χ0) is 19.8. The summed E-state index contributed by atoms with van der Waals surface area (Å²) in [6.07, 6.45) is 3.35. The number of nitrogens with one attached hydrogen (secondary N) is 1.